The maximum absolute atomic E-state index is 11.5. The Morgan fingerprint density at radius 2 is 2.35 bits per heavy atom. The quantitative estimate of drug-likeness (QED) is 0.675. The van der Waals surface area contributed by atoms with Crippen LogP contribution in [-0.4, -0.2) is 51.8 Å². The minimum Gasteiger partial charge on any atom is -0.479 e. The number of hydrogen-bond donors (Lipinski definition) is 3. The Bertz CT molecular complexity index is 382. The average molecular weight is 259 g/mol. The predicted octanol–water partition coefficient (Wildman–Crippen LogP) is -0.270. The van der Waals surface area contributed by atoms with Crippen LogP contribution in [0.1, 0.15) is 5.69 Å². The number of aliphatic carboxylic acids is 1. The standard InChI is InChI=1S/C9H13N3O4S/c1-12(3-6-4-17-5-11-6)9(16)10-2-7(13)8(14)15/h4-5,7,13H,2-3H2,1H3,(H,10,16)(H,14,15)/t7-/m0/s1. The first kappa shape index (κ1) is 13.4. The molecule has 0 aliphatic rings. The fourth-order valence-corrected chi connectivity index (χ4v) is 1.59. The Labute approximate surface area is 102 Å². The number of carbonyl (C=O) groups is 2. The molecule has 0 spiro atoms. The second-order valence-electron chi connectivity index (χ2n) is 3.38. The van der Waals surface area contributed by atoms with Crippen molar-refractivity contribution in [3.05, 3.63) is 16.6 Å². The van der Waals surface area contributed by atoms with E-state index in [1.807, 2.05) is 5.38 Å². The lowest BCUT2D eigenvalue weighted by molar-refractivity contribution is -0.146. The van der Waals surface area contributed by atoms with Gasteiger partial charge in [0.1, 0.15) is 0 Å². The predicted molar refractivity (Wildman–Crippen MR) is 60.6 cm³/mol. The van der Waals surface area contributed by atoms with Gasteiger partial charge in [0, 0.05) is 12.4 Å². The maximum atomic E-state index is 11.5. The van der Waals surface area contributed by atoms with E-state index in [9.17, 15) is 9.59 Å². The molecule has 0 fully saturated rings. The van der Waals surface area contributed by atoms with E-state index in [1.54, 1.807) is 12.6 Å². The molecule has 0 aliphatic carbocycles. The molecule has 17 heavy (non-hydrogen) atoms. The van der Waals surface area contributed by atoms with E-state index in [1.165, 1.54) is 16.2 Å². The zero-order chi connectivity index (χ0) is 12.8. The number of carboxylic acid groups (broad SMARTS) is 1. The van der Waals surface area contributed by atoms with Crippen LogP contribution in [0.2, 0.25) is 0 Å². The number of aliphatic hydroxyl groups excluding tert-OH is 1. The van der Waals surface area contributed by atoms with Gasteiger partial charge in [-0.1, -0.05) is 0 Å². The second-order valence-corrected chi connectivity index (χ2v) is 4.09. The molecule has 0 bridgehead atoms. The average Bonchev–Trinajstić information content (AvgIpc) is 2.77. The van der Waals surface area contributed by atoms with Crippen LogP contribution < -0.4 is 5.32 Å². The number of aliphatic hydroxyl groups is 1. The van der Waals surface area contributed by atoms with E-state index < -0.39 is 18.1 Å². The number of carbonyl (C=O) groups excluding carboxylic acids is 1. The molecule has 0 aromatic carbocycles. The van der Waals surface area contributed by atoms with Gasteiger partial charge in [-0.25, -0.2) is 14.6 Å². The first-order chi connectivity index (χ1) is 8.00. The van der Waals surface area contributed by atoms with Crippen molar-refractivity contribution in [3.63, 3.8) is 0 Å². The molecular formula is C9H13N3O4S. The van der Waals surface area contributed by atoms with Gasteiger partial charge in [-0.2, -0.15) is 0 Å². The molecular weight excluding hydrogens is 246 g/mol. The summed E-state index contributed by atoms with van der Waals surface area (Å²) in [6, 6.07) is -0.460. The monoisotopic (exact) mass is 259 g/mol. The van der Waals surface area contributed by atoms with Gasteiger partial charge in [-0.3, -0.25) is 0 Å². The van der Waals surface area contributed by atoms with Crippen LogP contribution in [0.5, 0.6) is 0 Å². The number of hydrogen-bond acceptors (Lipinski definition) is 5. The van der Waals surface area contributed by atoms with Gasteiger partial charge in [0.25, 0.3) is 0 Å². The van der Waals surface area contributed by atoms with E-state index in [2.05, 4.69) is 10.3 Å². The zero-order valence-corrected chi connectivity index (χ0v) is 9.98. The fraction of sp³-hybridized carbons (Fsp3) is 0.444. The summed E-state index contributed by atoms with van der Waals surface area (Å²) in [7, 11) is 1.56. The minimum absolute atomic E-state index is 0.324. The smallest absolute Gasteiger partial charge is 0.334 e. The largest absolute Gasteiger partial charge is 0.479 e. The molecule has 94 valence electrons. The molecule has 8 heteroatoms. The molecule has 1 atom stereocenters. The maximum Gasteiger partial charge on any atom is 0.334 e. The van der Waals surface area contributed by atoms with Crippen molar-refractivity contribution in [1.82, 2.24) is 15.2 Å². The highest BCUT2D eigenvalue weighted by Gasteiger charge is 2.16. The summed E-state index contributed by atoms with van der Waals surface area (Å²) >= 11 is 1.43. The Kier molecular flexibility index (Phi) is 4.85. The number of nitrogens with zero attached hydrogens (tertiary/aromatic N) is 2. The summed E-state index contributed by atoms with van der Waals surface area (Å²) in [4.78, 5) is 27.2. The lowest BCUT2D eigenvalue weighted by atomic mass is 10.3. The van der Waals surface area contributed by atoms with Crippen molar-refractivity contribution < 1.29 is 19.8 Å². The molecule has 3 N–H and O–H groups in total. The van der Waals surface area contributed by atoms with Gasteiger partial charge >= 0.3 is 12.0 Å². The number of urea groups is 1. The summed E-state index contributed by atoms with van der Waals surface area (Å²) in [6.45, 7) is 0.00801. The number of carboxylic acids is 1. The SMILES string of the molecule is CN(Cc1cscn1)C(=O)NC[C@H](O)C(=O)O. The van der Waals surface area contributed by atoms with Crippen molar-refractivity contribution in [2.45, 2.75) is 12.6 Å². The third kappa shape index (κ3) is 4.37. The molecule has 0 saturated carbocycles. The highest BCUT2D eigenvalue weighted by Crippen LogP contribution is 2.03. The zero-order valence-electron chi connectivity index (χ0n) is 9.16. The third-order valence-electron chi connectivity index (χ3n) is 1.96. The molecule has 0 saturated heterocycles. The van der Waals surface area contributed by atoms with Crippen molar-refractivity contribution in [3.8, 4) is 0 Å². The van der Waals surface area contributed by atoms with E-state index in [4.69, 9.17) is 10.2 Å². The second kappa shape index (κ2) is 6.16. The van der Waals surface area contributed by atoms with E-state index in [-0.39, 0.29) is 6.54 Å². The minimum atomic E-state index is -1.59. The summed E-state index contributed by atoms with van der Waals surface area (Å²) < 4.78 is 0. The normalized spacial score (nSPS) is 11.9. The van der Waals surface area contributed by atoms with Gasteiger partial charge < -0.3 is 20.4 Å². The van der Waals surface area contributed by atoms with Crippen molar-refractivity contribution in [2.24, 2.45) is 0 Å². The van der Waals surface area contributed by atoms with Gasteiger partial charge in [-0.15, -0.1) is 11.3 Å². The first-order valence-corrected chi connectivity index (χ1v) is 5.72. The fourth-order valence-electron chi connectivity index (χ4n) is 1.04. The van der Waals surface area contributed by atoms with Gasteiger partial charge in [-0.05, 0) is 0 Å². The van der Waals surface area contributed by atoms with Crippen LogP contribution in [0, 0.1) is 0 Å². The first-order valence-electron chi connectivity index (χ1n) is 4.77. The van der Waals surface area contributed by atoms with E-state index in [0.717, 1.165) is 5.69 Å². The molecule has 0 aliphatic heterocycles. The van der Waals surface area contributed by atoms with Crippen LogP contribution in [0.25, 0.3) is 0 Å². The van der Waals surface area contributed by atoms with Gasteiger partial charge in [0.05, 0.1) is 24.3 Å². The highest BCUT2D eigenvalue weighted by molar-refractivity contribution is 7.07. The molecule has 0 radical (unpaired) electrons. The van der Waals surface area contributed by atoms with E-state index >= 15 is 0 Å². The number of thiazole rings is 1. The van der Waals surface area contributed by atoms with Crippen molar-refractivity contribution in [2.75, 3.05) is 13.6 Å². The lowest BCUT2D eigenvalue weighted by Crippen LogP contribution is -2.42. The summed E-state index contributed by atoms with van der Waals surface area (Å²) in [5.74, 6) is -1.37. The van der Waals surface area contributed by atoms with Crippen LogP contribution >= 0.6 is 11.3 Å². The number of amides is 2. The van der Waals surface area contributed by atoms with Crippen LogP contribution in [0.3, 0.4) is 0 Å². The Morgan fingerprint density at radius 3 is 2.88 bits per heavy atom. The van der Waals surface area contributed by atoms with Crippen molar-refractivity contribution in [1.29, 1.82) is 0 Å². The van der Waals surface area contributed by atoms with Crippen LogP contribution in [0.15, 0.2) is 10.9 Å². The lowest BCUT2D eigenvalue weighted by Gasteiger charge is -2.17. The number of aromatic nitrogens is 1. The Morgan fingerprint density at radius 1 is 1.65 bits per heavy atom. The molecule has 1 rings (SSSR count). The molecule has 1 aromatic heterocycles. The molecule has 1 heterocycles. The molecule has 7 nitrogen and oxygen atoms in total. The van der Waals surface area contributed by atoms with Crippen LogP contribution in [-0.2, 0) is 11.3 Å². The summed E-state index contributed by atoms with van der Waals surface area (Å²) in [5, 5.41) is 21.5. The Hall–Kier alpha value is -1.67. The Balaban J connectivity index is 2.34. The molecule has 1 aromatic rings. The van der Waals surface area contributed by atoms with Crippen molar-refractivity contribution >= 4 is 23.3 Å². The topological polar surface area (TPSA) is 103 Å². The van der Waals surface area contributed by atoms with Gasteiger partial charge in [0.2, 0.25) is 0 Å². The highest BCUT2D eigenvalue weighted by atomic mass is 32.1. The summed E-state index contributed by atoms with van der Waals surface area (Å²) in [5.41, 5.74) is 2.42. The molecule has 0 unspecified atom stereocenters. The number of rotatable bonds is 5. The summed E-state index contributed by atoms with van der Waals surface area (Å²) in [6.07, 6.45) is -1.59. The number of nitrogens with one attached hydrogen (secondary N) is 1. The molecule has 2 amide bonds. The third-order valence-corrected chi connectivity index (χ3v) is 2.60. The van der Waals surface area contributed by atoms with E-state index in [0.29, 0.717) is 6.54 Å². The van der Waals surface area contributed by atoms with Crippen LogP contribution in [0.4, 0.5) is 4.79 Å². The van der Waals surface area contributed by atoms with Gasteiger partial charge in [0.15, 0.2) is 6.10 Å².